The molecular formula is C18H23ClN4O3. The van der Waals surface area contributed by atoms with Crippen molar-refractivity contribution in [3.8, 4) is 0 Å². The molecule has 2 aliphatic rings. The number of amides is 2. The molecule has 2 aliphatic heterocycles. The van der Waals surface area contributed by atoms with Gasteiger partial charge in [0.2, 0.25) is 11.8 Å². The van der Waals surface area contributed by atoms with Crippen LogP contribution < -0.4 is 16.0 Å². The highest BCUT2D eigenvalue weighted by molar-refractivity contribution is 6.30. The van der Waals surface area contributed by atoms with E-state index in [1.807, 2.05) is 24.3 Å². The molecule has 2 saturated heterocycles. The van der Waals surface area contributed by atoms with E-state index < -0.39 is 5.54 Å². The molecule has 0 aromatic heterocycles. The minimum Gasteiger partial charge on any atom is -0.368 e. The molecule has 2 heterocycles. The van der Waals surface area contributed by atoms with Gasteiger partial charge >= 0.3 is 0 Å². The lowest BCUT2D eigenvalue weighted by atomic mass is 9.90. The number of carbonyl (C=O) groups excluding carboxylic acids is 3. The molecule has 0 spiro atoms. The van der Waals surface area contributed by atoms with Gasteiger partial charge in [0.05, 0.1) is 6.42 Å². The number of nitrogens with one attached hydrogen (secondary N) is 1. The maximum absolute atomic E-state index is 12.5. The Labute approximate surface area is 157 Å². The molecule has 140 valence electrons. The van der Waals surface area contributed by atoms with E-state index in [4.69, 9.17) is 17.3 Å². The van der Waals surface area contributed by atoms with Crippen LogP contribution in [0.25, 0.3) is 0 Å². The highest BCUT2D eigenvalue weighted by Crippen LogP contribution is 2.23. The molecule has 0 aliphatic carbocycles. The quantitative estimate of drug-likeness (QED) is 0.730. The summed E-state index contributed by atoms with van der Waals surface area (Å²) >= 11 is 6.04. The number of Topliss-reactive ketones (excluding diaryl/α,β-unsaturated/α-hetero) is 1. The fraction of sp³-hybridized carbons (Fsp3) is 0.500. The average molecular weight is 379 g/mol. The van der Waals surface area contributed by atoms with Crippen LogP contribution in [0.3, 0.4) is 0 Å². The molecule has 1 unspecified atom stereocenters. The first kappa shape index (κ1) is 18.7. The van der Waals surface area contributed by atoms with Gasteiger partial charge in [-0.25, -0.2) is 0 Å². The van der Waals surface area contributed by atoms with Crippen molar-refractivity contribution in [3.63, 3.8) is 0 Å². The number of halogens is 1. The number of benzene rings is 1. The van der Waals surface area contributed by atoms with Crippen LogP contribution in [0.5, 0.6) is 0 Å². The first-order valence-electron chi connectivity index (χ1n) is 8.76. The number of nitrogens with two attached hydrogens (primary N) is 1. The predicted molar refractivity (Wildman–Crippen MR) is 99.0 cm³/mol. The molecule has 7 nitrogen and oxygen atoms in total. The van der Waals surface area contributed by atoms with Crippen molar-refractivity contribution in [3.05, 3.63) is 29.3 Å². The van der Waals surface area contributed by atoms with Crippen molar-refractivity contribution in [2.24, 2.45) is 5.73 Å². The number of hydrogen-bond donors (Lipinski definition) is 2. The number of carbonyl (C=O) groups is 3. The van der Waals surface area contributed by atoms with Crippen molar-refractivity contribution >= 4 is 34.9 Å². The average Bonchev–Trinajstić information content (AvgIpc) is 2.93. The van der Waals surface area contributed by atoms with E-state index in [9.17, 15) is 14.4 Å². The zero-order valence-corrected chi connectivity index (χ0v) is 15.3. The van der Waals surface area contributed by atoms with Crippen LogP contribution in [0.15, 0.2) is 24.3 Å². The summed E-state index contributed by atoms with van der Waals surface area (Å²) in [7, 11) is 0. The molecule has 2 amide bonds. The van der Waals surface area contributed by atoms with Gasteiger partial charge in [0.25, 0.3) is 0 Å². The Bertz CT molecular complexity index is 718. The number of piperazine rings is 1. The Kier molecular flexibility index (Phi) is 5.48. The van der Waals surface area contributed by atoms with Crippen LogP contribution >= 0.6 is 11.6 Å². The lowest BCUT2D eigenvalue weighted by molar-refractivity contribution is -0.132. The Morgan fingerprint density at radius 1 is 1.23 bits per heavy atom. The van der Waals surface area contributed by atoms with Crippen LogP contribution in [-0.2, 0) is 14.4 Å². The Morgan fingerprint density at radius 3 is 2.54 bits per heavy atom. The van der Waals surface area contributed by atoms with Gasteiger partial charge in [-0.05, 0) is 24.6 Å². The predicted octanol–water partition coefficient (Wildman–Crippen LogP) is 0.555. The van der Waals surface area contributed by atoms with Crippen LogP contribution in [0.1, 0.15) is 19.3 Å². The fourth-order valence-electron chi connectivity index (χ4n) is 3.53. The van der Waals surface area contributed by atoms with Crippen molar-refractivity contribution in [2.45, 2.75) is 24.8 Å². The third-order valence-corrected chi connectivity index (χ3v) is 5.39. The molecule has 1 aromatic rings. The summed E-state index contributed by atoms with van der Waals surface area (Å²) in [5.41, 5.74) is 5.68. The van der Waals surface area contributed by atoms with Crippen LogP contribution in [0.4, 0.5) is 5.69 Å². The smallest absolute Gasteiger partial charge is 0.228 e. The van der Waals surface area contributed by atoms with E-state index >= 15 is 0 Å². The summed E-state index contributed by atoms with van der Waals surface area (Å²) in [4.78, 5) is 40.0. The normalized spacial score (nSPS) is 23.3. The summed E-state index contributed by atoms with van der Waals surface area (Å²) in [5.74, 6) is -0.552. The van der Waals surface area contributed by atoms with E-state index in [-0.39, 0.29) is 43.4 Å². The van der Waals surface area contributed by atoms with Crippen LogP contribution in [0, 0.1) is 0 Å². The summed E-state index contributed by atoms with van der Waals surface area (Å²) in [6.45, 7) is 2.70. The first-order valence-corrected chi connectivity index (χ1v) is 9.14. The SMILES string of the molecule is NCC1(CCC(=O)N2CCN(c3cccc(Cl)c3)CC2)NC(=O)CC1=O. The minimum atomic E-state index is -1.07. The van der Waals surface area contributed by atoms with Gasteiger partial charge in [-0.2, -0.15) is 0 Å². The number of anilines is 1. The second-order valence-corrected chi connectivity index (χ2v) is 7.22. The Morgan fingerprint density at radius 2 is 1.96 bits per heavy atom. The third kappa shape index (κ3) is 3.83. The van der Waals surface area contributed by atoms with Crippen LogP contribution in [0.2, 0.25) is 5.02 Å². The summed E-state index contributed by atoms with van der Waals surface area (Å²) in [5, 5.41) is 3.35. The van der Waals surface area contributed by atoms with Crippen molar-refractivity contribution < 1.29 is 14.4 Å². The second kappa shape index (κ2) is 7.63. The first-order chi connectivity index (χ1) is 12.4. The highest BCUT2D eigenvalue weighted by atomic mass is 35.5. The second-order valence-electron chi connectivity index (χ2n) is 6.78. The van der Waals surface area contributed by atoms with Crippen molar-refractivity contribution in [1.29, 1.82) is 0 Å². The lowest BCUT2D eigenvalue weighted by Crippen LogP contribution is -2.54. The molecule has 8 heteroatoms. The Balaban J connectivity index is 1.52. The molecule has 0 bridgehead atoms. The Hall–Kier alpha value is -2.12. The van der Waals surface area contributed by atoms with Crippen molar-refractivity contribution in [1.82, 2.24) is 10.2 Å². The molecule has 1 aromatic carbocycles. The number of nitrogens with zero attached hydrogens (tertiary/aromatic N) is 2. The summed E-state index contributed by atoms with van der Waals surface area (Å²) in [6.07, 6.45) is 0.297. The molecule has 3 rings (SSSR count). The zero-order chi connectivity index (χ0) is 18.7. The van der Waals surface area contributed by atoms with Gasteiger partial charge in [0, 0.05) is 49.9 Å². The van der Waals surface area contributed by atoms with Gasteiger partial charge in [-0.3, -0.25) is 14.4 Å². The minimum absolute atomic E-state index is 0.0162. The van der Waals surface area contributed by atoms with Crippen molar-refractivity contribution in [2.75, 3.05) is 37.6 Å². The molecule has 2 fully saturated rings. The highest BCUT2D eigenvalue weighted by Gasteiger charge is 2.44. The van der Waals surface area contributed by atoms with Gasteiger partial charge in [0.1, 0.15) is 5.54 Å². The van der Waals surface area contributed by atoms with Gasteiger partial charge in [-0.15, -0.1) is 0 Å². The lowest BCUT2D eigenvalue weighted by Gasteiger charge is -2.36. The van der Waals surface area contributed by atoms with E-state index in [1.165, 1.54) is 0 Å². The van der Waals surface area contributed by atoms with Gasteiger partial charge in [0.15, 0.2) is 5.78 Å². The van der Waals surface area contributed by atoms with E-state index in [2.05, 4.69) is 10.2 Å². The van der Waals surface area contributed by atoms with E-state index in [0.717, 1.165) is 18.8 Å². The van der Waals surface area contributed by atoms with E-state index in [1.54, 1.807) is 4.90 Å². The molecule has 0 saturated carbocycles. The number of rotatable bonds is 5. The van der Waals surface area contributed by atoms with Gasteiger partial charge < -0.3 is 20.9 Å². The standard InChI is InChI=1S/C18H23ClN4O3/c19-13-2-1-3-14(10-13)22-6-8-23(9-7-22)17(26)4-5-18(12-20)15(24)11-16(25)21-18/h1-3,10H,4-9,11-12,20H2,(H,21,25). The van der Waals surface area contributed by atoms with Crippen LogP contribution in [-0.4, -0.2) is 60.8 Å². The molecule has 26 heavy (non-hydrogen) atoms. The molecule has 1 atom stereocenters. The molecule has 3 N–H and O–H groups in total. The largest absolute Gasteiger partial charge is 0.368 e. The maximum Gasteiger partial charge on any atom is 0.228 e. The zero-order valence-electron chi connectivity index (χ0n) is 14.5. The monoisotopic (exact) mass is 378 g/mol. The number of hydrogen-bond acceptors (Lipinski definition) is 5. The molecular weight excluding hydrogens is 356 g/mol. The van der Waals surface area contributed by atoms with E-state index in [0.29, 0.717) is 18.1 Å². The maximum atomic E-state index is 12.5. The summed E-state index contributed by atoms with van der Waals surface area (Å²) < 4.78 is 0. The summed E-state index contributed by atoms with van der Waals surface area (Å²) in [6, 6.07) is 7.66. The fourth-order valence-corrected chi connectivity index (χ4v) is 3.71. The topological polar surface area (TPSA) is 95.7 Å². The number of ketones is 1. The molecule has 0 radical (unpaired) electrons. The van der Waals surface area contributed by atoms with Gasteiger partial charge in [-0.1, -0.05) is 17.7 Å². The third-order valence-electron chi connectivity index (χ3n) is 5.15.